The first-order valence-corrected chi connectivity index (χ1v) is 10.5. The largest absolute Gasteiger partial charge is 0.497 e. The predicted octanol–water partition coefficient (Wildman–Crippen LogP) is 2.99. The first-order valence-electron chi connectivity index (χ1n) is 10.5. The maximum Gasteiger partial charge on any atom is 0.236 e. The number of carbonyl (C=O) groups is 1. The molecule has 27 heavy (non-hydrogen) atoms. The molecule has 1 heterocycles. The second-order valence-electron chi connectivity index (χ2n) is 8.07. The number of likely N-dealkylation sites (N-methyl/N-ethyl adjacent to an activating group) is 1. The summed E-state index contributed by atoms with van der Waals surface area (Å²) in [7, 11) is 3.83. The van der Waals surface area contributed by atoms with Crippen molar-refractivity contribution in [1.82, 2.24) is 14.7 Å². The molecule has 1 aliphatic carbocycles. The Morgan fingerprint density at radius 1 is 1.04 bits per heavy atom. The Hall–Kier alpha value is -1.59. The summed E-state index contributed by atoms with van der Waals surface area (Å²) < 4.78 is 5.22. The van der Waals surface area contributed by atoms with E-state index in [2.05, 4.69) is 33.9 Å². The van der Waals surface area contributed by atoms with Crippen LogP contribution in [0.2, 0.25) is 0 Å². The van der Waals surface area contributed by atoms with Gasteiger partial charge in [-0.3, -0.25) is 14.6 Å². The molecule has 2 fully saturated rings. The Labute approximate surface area is 164 Å². The lowest BCUT2D eigenvalue weighted by atomic mass is 10.1. The number of carbonyl (C=O) groups excluding carboxylic acids is 1. The molecule has 0 radical (unpaired) electrons. The van der Waals surface area contributed by atoms with Gasteiger partial charge in [-0.2, -0.15) is 0 Å². The van der Waals surface area contributed by atoms with Crippen molar-refractivity contribution in [2.24, 2.45) is 0 Å². The zero-order chi connectivity index (χ0) is 19.1. The van der Waals surface area contributed by atoms with Crippen molar-refractivity contribution in [3.63, 3.8) is 0 Å². The highest BCUT2D eigenvalue weighted by atomic mass is 16.5. The third kappa shape index (κ3) is 5.94. The lowest BCUT2D eigenvalue weighted by Gasteiger charge is -2.36. The average Bonchev–Trinajstić information content (AvgIpc) is 2.99. The highest BCUT2D eigenvalue weighted by Crippen LogP contribution is 2.21. The van der Waals surface area contributed by atoms with E-state index in [9.17, 15) is 4.79 Å². The first-order chi connectivity index (χ1) is 13.2. The number of methoxy groups -OCH3 is 1. The van der Waals surface area contributed by atoms with Crippen LogP contribution in [0.5, 0.6) is 5.75 Å². The maximum atomic E-state index is 12.7. The van der Waals surface area contributed by atoms with Crippen molar-refractivity contribution < 1.29 is 9.53 Å². The van der Waals surface area contributed by atoms with Gasteiger partial charge in [-0.05, 0) is 37.6 Å². The van der Waals surface area contributed by atoms with Crippen LogP contribution in [0, 0.1) is 0 Å². The van der Waals surface area contributed by atoms with Gasteiger partial charge in [-0.25, -0.2) is 0 Å². The monoisotopic (exact) mass is 373 g/mol. The Morgan fingerprint density at radius 3 is 2.26 bits per heavy atom. The van der Waals surface area contributed by atoms with E-state index < -0.39 is 0 Å². The second-order valence-corrected chi connectivity index (χ2v) is 8.07. The van der Waals surface area contributed by atoms with E-state index in [1.807, 2.05) is 12.1 Å². The summed E-state index contributed by atoms with van der Waals surface area (Å²) in [5.74, 6) is 1.19. The third-order valence-corrected chi connectivity index (χ3v) is 6.12. The van der Waals surface area contributed by atoms with E-state index >= 15 is 0 Å². The summed E-state index contributed by atoms with van der Waals surface area (Å²) in [4.78, 5) is 19.5. The number of hydrogen-bond donors (Lipinski definition) is 0. The van der Waals surface area contributed by atoms with Crippen molar-refractivity contribution in [3.05, 3.63) is 29.8 Å². The van der Waals surface area contributed by atoms with Gasteiger partial charge in [0.25, 0.3) is 0 Å². The number of hydrogen-bond acceptors (Lipinski definition) is 4. The van der Waals surface area contributed by atoms with Crippen LogP contribution in [-0.2, 0) is 11.3 Å². The summed E-state index contributed by atoms with van der Waals surface area (Å²) >= 11 is 0. The Morgan fingerprint density at radius 2 is 1.67 bits per heavy atom. The zero-order valence-electron chi connectivity index (χ0n) is 17.0. The maximum absolute atomic E-state index is 12.7. The molecule has 3 rings (SSSR count). The van der Waals surface area contributed by atoms with Crippen LogP contribution in [0.1, 0.15) is 44.1 Å². The molecular formula is C22H35N3O2. The summed E-state index contributed by atoms with van der Waals surface area (Å²) in [5, 5.41) is 0. The van der Waals surface area contributed by atoms with Crippen LogP contribution in [0.15, 0.2) is 24.3 Å². The van der Waals surface area contributed by atoms with E-state index in [0.29, 0.717) is 18.5 Å². The zero-order valence-corrected chi connectivity index (χ0v) is 17.0. The number of amides is 1. The summed E-state index contributed by atoms with van der Waals surface area (Å²) in [6, 6.07) is 8.86. The number of benzene rings is 1. The molecule has 150 valence electrons. The van der Waals surface area contributed by atoms with Gasteiger partial charge in [0.15, 0.2) is 0 Å². The molecule has 0 spiro atoms. The molecule has 0 unspecified atom stereocenters. The summed E-state index contributed by atoms with van der Waals surface area (Å²) in [6.45, 7) is 5.09. The third-order valence-electron chi connectivity index (χ3n) is 6.12. The molecule has 1 aromatic rings. The van der Waals surface area contributed by atoms with Gasteiger partial charge >= 0.3 is 0 Å². The Balaban J connectivity index is 1.41. The van der Waals surface area contributed by atoms with Crippen LogP contribution in [-0.4, -0.2) is 73.5 Å². The van der Waals surface area contributed by atoms with Crippen LogP contribution < -0.4 is 4.74 Å². The number of ether oxygens (including phenoxy) is 1. The second kappa shape index (κ2) is 10.1. The van der Waals surface area contributed by atoms with Crippen LogP contribution in [0.25, 0.3) is 0 Å². The van der Waals surface area contributed by atoms with E-state index in [1.165, 1.54) is 44.1 Å². The van der Waals surface area contributed by atoms with Crippen molar-refractivity contribution >= 4 is 5.91 Å². The van der Waals surface area contributed by atoms with Crippen LogP contribution in [0.3, 0.4) is 0 Å². The SMILES string of the molecule is COc1ccc(CN2CCN(C(=O)CN(C)C3CCCCCC3)CC2)cc1. The molecule has 0 atom stereocenters. The molecule has 1 saturated heterocycles. The Kier molecular flexibility index (Phi) is 7.53. The quantitative estimate of drug-likeness (QED) is 0.718. The van der Waals surface area contributed by atoms with Crippen LogP contribution in [0.4, 0.5) is 0 Å². The van der Waals surface area contributed by atoms with Gasteiger partial charge in [-0.15, -0.1) is 0 Å². The van der Waals surface area contributed by atoms with Gasteiger partial charge in [0.1, 0.15) is 5.75 Å². The van der Waals surface area contributed by atoms with Gasteiger partial charge in [-0.1, -0.05) is 37.8 Å². The lowest BCUT2D eigenvalue weighted by Crippen LogP contribution is -2.51. The summed E-state index contributed by atoms with van der Waals surface area (Å²) in [6.07, 6.45) is 7.84. The minimum atomic E-state index is 0.297. The summed E-state index contributed by atoms with van der Waals surface area (Å²) in [5.41, 5.74) is 1.30. The minimum absolute atomic E-state index is 0.297. The molecule has 1 amide bonds. The number of rotatable bonds is 6. The molecule has 0 bridgehead atoms. The molecule has 0 aromatic heterocycles. The van der Waals surface area contributed by atoms with Crippen LogP contribution >= 0.6 is 0 Å². The first kappa shape index (κ1) is 20.2. The highest BCUT2D eigenvalue weighted by molar-refractivity contribution is 5.78. The number of piperazine rings is 1. The average molecular weight is 374 g/mol. The van der Waals surface area contributed by atoms with E-state index in [1.54, 1.807) is 7.11 Å². The highest BCUT2D eigenvalue weighted by Gasteiger charge is 2.24. The molecule has 5 heteroatoms. The van der Waals surface area contributed by atoms with Crippen molar-refractivity contribution in [2.45, 2.75) is 51.1 Å². The molecule has 2 aliphatic rings. The van der Waals surface area contributed by atoms with Crippen molar-refractivity contribution in [1.29, 1.82) is 0 Å². The van der Waals surface area contributed by atoms with Crippen molar-refractivity contribution in [2.75, 3.05) is 46.9 Å². The fourth-order valence-electron chi connectivity index (χ4n) is 4.29. The molecule has 1 saturated carbocycles. The smallest absolute Gasteiger partial charge is 0.236 e. The standard InChI is InChI=1S/C22H35N3O2/c1-23(20-7-5-3-4-6-8-20)18-22(26)25-15-13-24(14-16-25)17-19-9-11-21(27-2)12-10-19/h9-12,20H,3-8,13-18H2,1-2H3. The Bertz CT molecular complexity index is 574. The van der Waals surface area contributed by atoms with Gasteiger partial charge < -0.3 is 9.64 Å². The predicted molar refractivity (Wildman–Crippen MR) is 109 cm³/mol. The van der Waals surface area contributed by atoms with Gasteiger partial charge in [0, 0.05) is 38.8 Å². The molecule has 1 aromatic carbocycles. The lowest BCUT2D eigenvalue weighted by molar-refractivity contribution is -0.134. The minimum Gasteiger partial charge on any atom is -0.497 e. The molecule has 0 N–H and O–H groups in total. The fourth-order valence-corrected chi connectivity index (χ4v) is 4.29. The fraction of sp³-hybridized carbons (Fsp3) is 0.682. The van der Waals surface area contributed by atoms with Gasteiger partial charge in [0.05, 0.1) is 13.7 Å². The molecular weight excluding hydrogens is 338 g/mol. The van der Waals surface area contributed by atoms with E-state index in [0.717, 1.165) is 38.5 Å². The van der Waals surface area contributed by atoms with Crippen molar-refractivity contribution in [3.8, 4) is 5.75 Å². The normalized spacial score (nSPS) is 19.9. The molecule has 5 nitrogen and oxygen atoms in total. The van der Waals surface area contributed by atoms with E-state index in [-0.39, 0.29) is 0 Å². The molecule has 1 aliphatic heterocycles. The van der Waals surface area contributed by atoms with Gasteiger partial charge in [0.2, 0.25) is 5.91 Å². The topological polar surface area (TPSA) is 36.0 Å². The number of nitrogens with zero attached hydrogens (tertiary/aromatic N) is 3. The van der Waals surface area contributed by atoms with E-state index in [4.69, 9.17) is 4.74 Å².